The summed E-state index contributed by atoms with van der Waals surface area (Å²) in [4.78, 5) is 0. The second-order valence-electron chi connectivity index (χ2n) is 10.7. The van der Waals surface area contributed by atoms with E-state index in [0.717, 1.165) is 6.54 Å². The SMILES string of the molecule is CCCCCC[NH3+].Fc1c(F)c(F)c([B-](c2c(F)c(F)c(F)c(F)c2F)(c2c(F)c(F)c(F)c(F)c2F)c2c(F)c(F)c(F)c(F)c2F)c(F)c1F. The Kier molecular flexibility index (Phi) is 12.6. The molecule has 0 radical (unpaired) electrons. The van der Waals surface area contributed by atoms with Crippen molar-refractivity contribution in [1.82, 2.24) is 0 Å². The molecule has 4 rings (SSSR count). The Labute approximate surface area is 277 Å². The number of unbranched alkanes of at least 4 members (excludes halogenated alkanes) is 3. The molecule has 0 bridgehead atoms. The summed E-state index contributed by atoms with van der Waals surface area (Å²) in [5.41, 5.74) is -10.6. The highest BCUT2D eigenvalue weighted by molar-refractivity contribution is 7.20. The fraction of sp³-hybridized carbons (Fsp3) is 0.200. The summed E-state index contributed by atoms with van der Waals surface area (Å²) >= 11 is 0. The molecule has 0 saturated heterocycles. The molecule has 3 N–H and O–H groups in total. The average molecular weight is 781 g/mol. The Bertz CT molecular complexity index is 1660. The quantitative estimate of drug-likeness (QED) is 0.0683. The minimum absolute atomic E-state index is 1.11. The van der Waals surface area contributed by atoms with Crippen LogP contribution >= 0.6 is 0 Å². The lowest BCUT2D eigenvalue weighted by atomic mass is 9.12. The fourth-order valence-electron chi connectivity index (χ4n) is 5.48. The molecule has 0 aliphatic heterocycles. The second-order valence-corrected chi connectivity index (χ2v) is 10.7. The van der Waals surface area contributed by atoms with E-state index in [1.54, 1.807) is 0 Å². The topological polar surface area (TPSA) is 27.6 Å². The van der Waals surface area contributed by atoms with Crippen LogP contribution in [0, 0.1) is 116 Å². The Morgan fingerprint density at radius 2 is 0.462 bits per heavy atom. The highest BCUT2D eigenvalue weighted by Crippen LogP contribution is 2.30. The predicted molar refractivity (Wildman–Crippen MR) is 141 cm³/mol. The minimum Gasteiger partial charge on any atom is -0.358 e. The normalized spacial score (nSPS) is 11.7. The van der Waals surface area contributed by atoms with E-state index in [1.807, 2.05) is 0 Å². The van der Waals surface area contributed by atoms with Gasteiger partial charge in [-0.3, -0.25) is 0 Å². The molecule has 4 aromatic carbocycles. The zero-order valence-corrected chi connectivity index (χ0v) is 25.4. The Hall–Kier alpha value is -4.50. The van der Waals surface area contributed by atoms with Crippen molar-refractivity contribution in [1.29, 1.82) is 0 Å². The van der Waals surface area contributed by atoms with Gasteiger partial charge < -0.3 is 5.73 Å². The van der Waals surface area contributed by atoms with E-state index >= 15 is 35.1 Å². The Morgan fingerprint density at radius 1 is 0.288 bits per heavy atom. The smallest absolute Gasteiger partial charge is 0.200 e. The van der Waals surface area contributed by atoms with Crippen molar-refractivity contribution in [3.8, 4) is 0 Å². The summed E-state index contributed by atoms with van der Waals surface area (Å²) in [7, 11) is 0. The lowest BCUT2D eigenvalue weighted by molar-refractivity contribution is -0.368. The maximum absolute atomic E-state index is 15.4. The van der Waals surface area contributed by atoms with Crippen molar-refractivity contribution in [2.75, 3.05) is 6.54 Å². The third-order valence-electron chi connectivity index (χ3n) is 7.81. The standard InChI is InChI=1S/C24BF20.C6H15N/c26-5-1(6(27)14(35)21(42)13(5)34)25(2-7(28)15(36)22(43)16(37)8(2)29,3-9(30)17(38)23(44)18(39)10(3)31)4-11(32)19(40)24(45)20(41)12(4)33;1-2-3-4-5-6-7/h;2-7H2,1H3/q-1;/p+1. The molecule has 22 heteroatoms. The van der Waals surface area contributed by atoms with Crippen LogP contribution in [0.2, 0.25) is 0 Å². The number of rotatable bonds is 8. The van der Waals surface area contributed by atoms with Crippen LogP contribution in [0.25, 0.3) is 0 Å². The number of benzene rings is 4. The molecule has 52 heavy (non-hydrogen) atoms. The predicted octanol–water partition coefficient (Wildman–Crippen LogP) is 6.65. The number of hydrogen-bond donors (Lipinski definition) is 1. The lowest BCUT2D eigenvalue weighted by Crippen LogP contribution is -2.81. The van der Waals surface area contributed by atoms with Crippen LogP contribution in [0.4, 0.5) is 87.8 Å². The lowest BCUT2D eigenvalue weighted by Gasteiger charge is -2.44. The molecule has 0 unspecified atom stereocenters. The molecular formula is C30H16BF20N. The van der Waals surface area contributed by atoms with Crippen molar-refractivity contribution in [3.63, 3.8) is 0 Å². The number of halogens is 20. The van der Waals surface area contributed by atoms with Gasteiger partial charge in [-0.05, 0) is 12.8 Å². The molecule has 0 atom stereocenters. The van der Waals surface area contributed by atoms with Crippen molar-refractivity contribution < 1.29 is 93.5 Å². The highest BCUT2D eigenvalue weighted by atomic mass is 19.2. The molecule has 0 spiro atoms. The van der Waals surface area contributed by atoms with Gasteiger partial charge in [0, 0.05) is 0 Å². The first-order valence-corrected chi connectivity index (χ1v) is 14.1. The first-order valence-electron chi connectivity index (χ1n) is 14.1. The summed E-state index contributed by atoms with van der Waals surface area (Å²) in [5.74, 6) is -71.4. The molecule has 0 aromatic heterocycles. The summed E-state index contributed by atoms with van der Waals surface area (Å²) in [5, 5.41) is 0. The van der Waals surface area contributed by atoms with Crippen molar-refractivity contribution in [2.24, 2.45) is 0 Å². The molecule has 0 amide bonds. The maximum Gasteiger partial charge on any atom is 0.200 e. The zero-order chi connectivity index (χ0) is 39.9. The average Bonchev–Trinajstić information content (AvgIpc) is 3.12. The monoisotopic (exact) mass is 781 g/mol. The van der Waals surface area contributed by atoms with Crippen LogP contribution in [0.1, 0.15) is 32.6 Å². The molecule has 1 nitrogen and oxygen atoms in total. The first kappa shape index (κ1) is 41.9. The van der Waals surface area contributed by atoms with Gasteiger partial charge in [0.05, 0.1) is 6.54 Å². The second kappa shape index (κ2) is 15.6. The number of hydrogen-bond acceptors (Lipinski definition) is 0. The maximum atomic E-state index is 15.4. The summed E-state index contributed by atoms with van der Waals surface area (Å²) in [6.45, 7) is 3.34. The van der Waals surface area contributed by atoms with Gasteiger partial charge in [-0.25, -0.2) is 87.8 Å². The summed E-state index contributed by atoms with van der Waals surface area (Å²) < 4.78 is 294. The number of quaternary nitrogens is 1. The summed E-state index contributed by atoms with van der Waals surface area (Å²) in [6, 6.07) is 0. The van der Waals surface area contributed by atoms with E-state index in [4.69, 9.17) is 0 Å². The van der Waals surface area contributed by atoms with Crippen LogP contribution in [0.3, 0.4) is 0 Å². The van der Waals surface area contributed by atoms with E-state index in [2.05, 4.69) is 12.7 Å². The third kappa shape index (κ3) is 6.31. The van der Waals surface area contributed by atoms with Gasteiger partial charge in [-0.15, -0.1) is 21.9 Å². The summed E-state index contributed by atoms with van der Waals surface area (Å²) in [6.07, 6.45) is -1.81. The van der Waals surface area contributed by atoms with Gasteiger partial charge in [0.1, 0.15) is 52.7 Å². The molecular weight excluding hydrogens is 765 g/mol. The highest BCUT2D eigenvalue weighted by Gasteiger charge is 2.52. The van der Waals surface area contributed by atoms with Crippen LogP contribution < -0.4 is 27.6 Å². The molecule has 0 fully saturated rings. The van der Waals surface area contributed by atoms with Crippen LogP contribution in [0.15, 0.2) is 0 Å². The molecule has 4 aromatic rings. The van der Waals surface area contributed by atoms with Gasteiger partial charge >= 0.3 is 0 Å². The van der Waals surface area contributed by atoms with Crippen molar-refractivity contribution in [3.05, 3.63) is 116 Å². The van der Waals surface area contributed by atoms with Gasteiger partial charge in [-0.2, -0.15) is 0 Å². The van der Waals surface area contributed by atoms with Gasteiger partial charge in [0.2, 0.25) is 0 Å². The fourth-order valence-corrected chi connectivity index (χ4v) is 5.48. The van der Waals surface area contributed by atoms with Crippen LogP contribution in [0.5, 0.6) is 0 Å². The van der Waals surface area contributed by atoms with Crippen LogP contribution in [-0.4, -0.2) is 12.7 Å². The van der Waals surface area contributed by atoms with Crippen molar-refractivity contribution in [2.45, 2.75) is 32.6 Å². The van der Waals surface area contributed by atoms with Gasteiger partial charge in [0.25, 0.3) is 0 Å². The molecule has 0 aliphatic carbocycles. The van der Waals surface area contributed by atoms with E-state index in [1.165, 1.54) is 25.7 Å². The first-order chi connectivity index (χ1) is 24.1. The minimum atomic E-state index is -7.22. The largest absolute Gasteiger partial charge is 0.358 e. The van der Waals surface area contributed by atoms with E-state index in [0.29, 0.717) is 0 Å². The molecule has 284 valence electrons. The molecule has 0 saturated carbocycles. The van der Waals surface area contributed by atoms with Crippen LogP contribution in [-0.2, 0) is 0 Å². The van der Waals surface area contributed by atoms with Gasteiger partial charge in [0.15, 0.2) is 69.8 Å². The van der Waals surface area contributed by atoms with E-state index in [9.17, 15) is 52.7 Å². The molecule has 0 heterocycles. The molecule has 0 aliphatic rings. The van der Waals surface area contributed by atoms with E-state index < -0.39 is 144 Å². The Morgan fingerprint density at radius 3 is 0.615 bits per heavy atom. The Balaban J connectivity index is 0.000000944. The zero-order valence-electron chi connectivity index (χ0n) is 25.4. The van der Waals surface area contributed by atoms with Crippen molar-refractivity contribution >= 4 is 28.0 Å². The third-order valence-corrected chi connectivity index (χ3v) is 7.81. The van der Waals surface area contributed by atoms with E-state index in [-0.39, 0.29) is 0 Å². The van der Waals surface area contributed by atoms with Gasteiger partial charge in [-0.1, -0.05) is 19.8 Å².